The minimum atomic E-state index is -0.763. The zero-order valence-corrected chi connectivity index (χ0v) is 24.0. The van der Waals surface area contributed by atoms with Crippen molar-refractivity contribution in [3.8, 4) is 23.4 Å². The highest BCUT2D eigenvalue weighted by atomic mass is 19.1. The Bertz CT molecular complexity index is 1800. The second-order valence-corrected chi connectivity index (χ2v) is 10.4. The number of anilines is 1. The summed E-state index contributed by atoms with van der Waals surface area (Å²) in [5.74, 6) is 1.18. The summed E-state index contributed by atoms with van der Waals surface area (Å²) in [6.45, 7) is 12.5. The van der Waals surface area contributed by atoms with Crippen LogP contribution in [-0.2, 0) is 11.2 Å². The molecule has 0 aliphatic heterocycles. The number of benzene rings is 1. The second kappa shape index (κ2) is 11.0. The van der Waals surface area contributed by atoms with Gasteiger partial charge in [0.2, 0.25) is 5.88 Å². The van der Waals surface area contributed by atoms with E-state index in [1.165, 1.54) is 42.8 Å². The SMILES string of the molecule is C=CCc1c(F)cc(N(C)C(=O)OC(C)(C)C)c2[nH]c3nc(Oc4cnc(C)nc4)nc(Oc4cnc(C)nc4)c3c12. The van der Waals surface area contributed by atoms with Crippen LogP contribution < -0.4 is 14.4 Å². The second-order valence-electron chi connectivity index (χ2n) is 10.4. The maximum absolute atomic E-state index is 15.8. The van der Waals surface area contributed by atoms with E-state index in [1.807, 2.05) is 0 Å². The molecule has 0 spiro atoms. The third-order valence-corrected chi connectivity index (χ3v) is 6.02. The fourth-order valence-corrected chi connectivity index (χ4v) is 4.18. The van der Waals surface area contributed by atoms with Crippen molar-refractivity contribution < 1.29 is 23.4 Å². The molecule has 0 aliphatic rings. The van der Waals surface area contributed by atoms with Crippen LogP contribution in [0.4, 0.5) is 14.9 Å². The number of ether oxygens (including phenoxy) is 3. The maximum Gasteiger partial charge on any atom is 0.414 e. The quantitative estimate of drug-likeness (QED) is 0.226. The molecule has 0 saturated heterocycles. The molecule has 0 radical (unpaired) electrons. The van der Waals surface area contributed by atoms with Gasteiger partial charge in [-0.15, -0.1) is 6.58 Å². The number of nitrogens with one attached hydrogen (secondary N) is 1. The van der Waals surface area contributed by atoms with Crippen molar-refractivity contribution in [2.75, 3.05) is 11.9 Å². The number of fused-ring (bicyclic) bond motifs is 3. The highest BCUT2D eigenvalue weighted by Crippen LogP contribution is 2.41. The topological polar surface area (TPSA) is 141 Å². The maximum atomic E-state index is 15.8. The van der Waals surface area contributed by atoms with Crippen molar-refractivity contribution in [2.24, 2.45) is 0 Å². The molecule has 0 saturated carbocycles. The third kappa shape index (κ3) is 5.80. The predicted molar refractivity (Wildman–Crippen MR) is 154 cm³/mol. The molecule has 0 atom stereocenters. The van der Waals surface area contributed by atoms with Gasteiger partial charge in [-0.25, -0.2) is 29.1 Å². The molecule has 0 fully saturated rings. The molecule has 0 bridgehead atoms. The Balaban J connectivity index is 1.76. The third-order valence-electron chi connectivity index (χ3n) is 6.02. The molecule has 0 aliphatic carbocycles. The van der Waals surface area contributed by atoms with Gasteiger partial charge in [-0.2, -0.15) is 9.97 Å². The molecule has 13 heteroatoms. The highest BCUT2D eigenvalue weighted by Gasteiger charge is 2.28. The van der Waals surface area contributed by atoms with Crippen LogP contribution in [-0.4, -0.2) is 53.6 Å². The van der Waals surface area contributed by atoms with Crippen molar-refractivity contribution in [1.29, 1.82) is 0 Å². The summed E-state index contributed by atoms with van der Waals surface area (Å²) >= 11 is 0. The van der Waals surface area contributed by atoms with E-state index >= 15 is 4.39 Å². The molecule has 5 aromatic rings. The lowest BCUT2D eigenvalue weighted by molar-refractivity contribution is 0.0589. The molecule has 216 valence electrons. The number of halogens is 1. The van der Waals surface area contributed by atoms with Crippen LogP contribution in [0.3, 0.4) is 0 Å². The average molecular weight is 573 g/mol. The van der Waals surface area contributed by atoms with Crippen LogP contribution in [0.5, 0.6) is 23.4 Å². The Labute approximate surface area is 240 Å². The van der Waals surface area contributed by atoms with E-state index in [9.17, 15) is 4.79 Å². The first-order chi connectivity index (χ1) is 19.9. The summed E-state index contributed by atoms with van der Waals surface area (Å²) in [7, 11) is 1.50. The van der Waals surface area contributed by atoms with Gasteiger partial charge in [0, 0.05) is 24.1 Å². The summed E-state index contributed by atoms with van der Waals surface area (Å²) in [6, 6.07) is 1.18. The van der Waals surface area contributed by atoms with E-state index in [2.05, 4.69) is 41.5 Å². The number of aromatic nitrogens is 7. The number of rotatable bonds is 7. The van der Waals surface area contributed by atoms with E-state index in [0.29, 0.717) is 39.3 Å². The Morgan fingerprint density at radius 3 is 2.17 bits per heavy atom. The largest absolute Gasteiger partial charge is 0.443 e. The number of allylic oxidation sites excluding steroid dienone is 1. The minimum Gasteiger partial charge on any atom is -0.443 e. The Morgan fingerprint density at radius 2 is 1.60 bits per heavy atom. The van der Waals surface area contributed by atoms with Gasteiger partial charge >= 0.3 is 12.1 Å². The number of hydrogen-bond donors (Lipinski definition) is 1. The fourth-order valence-electron chi connectivity index (χ4n) is 4.18. The number of nitrogens with zero attached hydrogens (tertiary/aromatic N) is 7. The van der Waals surface area contributed by atoms with Crippen molar-refractivity contribution in [3.05, 3.63) is 66.5 Å². The van der Waals surface area contributed by atoms with Gasteiger partial charge in [0.05, 0.1) is 41.4 Å². The molecule has 1 N–H and O–H groups in total. The zero-order chi connectivity index (χ0) is 30.2. The molecule has 4 aromatic heterocycles. The zero-order valence-electron chi connectivity index (χ0n) is 24.0. The summed E-state index contributed by atoms with van der Waals surface area (Å²) in [5.41, 5.74) is 0.441. The van der Waals surface area contributed by atoms with Gasteiger partial charge in [0.1, 0.15) is 28.7 Å². The summed E-state index contributed by atoms with van der Waals surface area (Å²) in [6.07, 6.45) is 7.05. The Hall–Kier alpha value is -5.20. The van der Waals surface area contributed by atoms with E-state index in [-0.39, 0.29) is 35.4 Å². The van der Waals surface area contributed by atoms with Crippen LogP contribution in [0.15, 0.2) is 43.5 Å². The normalized spacial score (nSPS) is 11.5. The molecular formula is C29H29FN8O4. The Kier molecular flexibility index (Phi) is 7.42. The fraction of sp³-hybridized carbons (Fsp3) is 0.276. The van der Waals surface area contributed by atoms with Crippen molar-refractivity contribution in [3.63, 3.8) is 0 Å². The predicted octanol–water partition coefficient (Wildman–Crippen LogP) is 6.13. The summed E-state index contributed by atoms with van der Waals surface area (Å²) in [5, 5.41) is 0.761. The smallest absolute Gasteiger partial charge is 0.414 e. The van der Waals surface area contributed by atoms with E-state index in [0.717, 1.165) is 0 Å². The monoisotopic (exact) mass is 572 g/mol. The first-order valence-corrected chi connectivity index (χ1v) is 13.0. The van der Waals surface area contributed by atoms with E-state index < -0.39 is 17.5 Å². The highest BCUT2D eigenvalue weighted by molar-refractivity contribution is 6.15. The molecule has 42 heavy (non-hydrogen) atoms. The van der Waals surface area contributed by atoms with E-state index in [1.54, 1.807) is 40.7 Å². The number of aryl methyl sites for hydroxylation is 2. The van der Waals surface area contributed by atoms with Crippen LogP contribution >= 0.6 is 0 Å². The molecule has 1 amide bonds. The molecule has 1 aromatic carbocycles. The standard InChI is InChI=1S/C29H29FN8O4/c1-8-9-19-20(30)10-21(38(7)28(39)42-29(4,5)6)24-22(19)23-25(35-24)36-27(41-18-13-33-16(3)34-14-18)37-26(23)40-17-11-31-15(2)32-12-17/h8,10-14H,1,9H2,2-7H3,(H,35,36,37). The number of carbonyl (C=O) groups excluding carboxylic acids is 1. The van der Waals surface area contributed by atoms with Crippen molar-refractivity contribution >= 4 is 33.7 Å². The van der Waals surface area contributed by atoms with Crippen molar-refractivity contribution in [2.45, 2.75) is 46.6 Å². The minimum absolute atomic E-state index is 0.0449. The number of hydrogen-bond acceptors (Lipinski definition) is 10. The van der Waals surface area contributed by atoms with Gasteiger partial charge in [0.25, 0.3) is 0 Å². The molecule has 5 rings (SSSR count). The average Bonchev–Trinajstić information content (AvgIpc) is 3.31. The summed E-state index contributed by atoms with van der Waals surface area (Å²) in [4.78, 5) is 43.2. The van der Waals surface area contributed by atoms with Gasteiger partial charge in [-0.05, 0) is 41.0 Å². The summed E-state index contributed by atoms with van der Waals surface area (Å²) < 4.78 is 33.3. The first kappa shape index (κ1) is 28.3. The van der Waals surface area contributed by atoms with Crippen LogP contribution in [0.2, 0.25) is 0 Å². The molecular weight excluding hydrogens is 543 g/mol. The lowest BCUT2D eigenvalue weighted by atomic mass is 10.0. The molecule has 0 unspecified atom stereocenters. The van der Waals surface area contributed by atoms with Gasteiger partial charge in [0.15, 0.2) is 11.5 Å². The lowest BCUT2D eigenvalue weighted by Crippen LogP contribution is -2.34. The van der Waals surface area contributed by atoms with Crippen LogP contribution in [0, 0.1) is 19.7 Å². The van der Waals surface area contributed by atoms with Crippen molar-refractivity contribution in [1.82, 2.24) is 34.9 Å². The molecule has 12 nitrogen and oxygen atoms in total. The number of amides is 1. The van der Waals surface area contributed by atoms with Crippen LogP contribution in [0.25, 0.3) is 21.9 Å². The number of H-pyrrole nitrogens is 1. The van der Waals surface area contributed by atoms with Gasteiger partial charge in [-0.3, -0.25) is 4.90 Å². The first-order valence-electron chi connectivity index (χ1n) is 13.0. The number of carbonyl (C=O) groups is 1. The molecule has 4 heterocycles. The van der Waals surface area contributed by atoms with Gasteiger partial charge in [-0.1, -0.05) is 6.08 Å². The van der Waals surface area contributed by atoms with E-state index in [4.69, 9.17) is 14.2 Å². The number of aromatic amines is 1. The van der Waals surface area contributed by atoms with Crippen LogP contribution in [0.1, 0.15) is 38.0 Å². The lowest BCUT2D eigenvalue weighted by Gasteiger charge is -2.25. The Morgan fingerprint density at radius 1 is 1.00 bits per heavy atom. The van der Waals surface area contributed by atoms with Gasteiger partial charge < -0.3 is 19.2 Å².